The molecule has 2 rings (SSSR count). The Morgan fingerprint density at radius 3 is 2.47 bits per heavy atom. The summed E-state index contributed by atoms with van der Waals surface area (Å²) in [6, 6.07) is 13.0. The van der Waals surface area contributed by atoms with Crippen LogP contribution in [0.1, 0.15) is 23.4 Å². The smallest absolute Gasteiger partial charge is 0.124 e. The predicted molar refractivity (Wildman–Crippen MR) is 81.8 cm³/mol. The Hall–Kier alpha value is -0.890. The van der Waals surface area contributed by atoms with E-state index in [4.69, 9.17) is 39.5 Å². The van der Waals surface area contributed by atoms with Crippen molar-refractivity contribution >= 4 is 34.8 Å². The van der Waals surface area contributed by atoms with Crippen molar-refractivity contribution < 1.29 is 4.74 Å². The summed E-state index contributed by atoms with van der Waals surface area (Å²) >= 11 is 18.6. The van der Waals surface area contributed by atoms with Crippen molar-refractivity contribution in [3.05, 3.63) is 63.6 Å². The Morgan fingerprint density at radius 1 is 1.05 bits per heavy atom. The molecule has 1 atom stereocenters. The van der Waals surface area contributed by atoms with Gasteiger partial charge in [0, 0.05) is 15.6 Å². The number of halogens is 3. The maximum Gasteiger partial charge on any atom is 0.124 e. The van der Waals surface area contributed by atoms with Crippen LogP contribution in [0.25, 0.3) is 0 Å². The summed E-state index contributed by atoms with van der Waals surface area (Å²) in [7, 11) is 0. The summed E-state index contributed by atoms with van der Waals surface area (Å²) in [4.78, 5) is 0. The van der Waals surface area contributed by atoms with Gasteiger partial charge in [0.05, 0.1) is 12.0 Å². The Labute approximate surface area is 128 Å². The fraction of sp³-hybridized carbons (Fsp3) is 0.200. The number of benzene rings is 2. The highest BCUT2D eigenvalue weighted by Crippen LogP contribution is 2.38. The van der Waals surface area contributed by atoms with Crippen LogP contribution in [0, 0.1) is 0 Å². The molecule has 100 valence electrons. The topological polar surface area (TPSA) is 9.23 Å². The van der Waals surface area contributed by atoms with Crippen molar-refractivity contribution in [2.45, 2.75) is 12.3 Å². The third-order valence-corrected chi connectivity index (χ3v) is 3.76. The van der Waals surface area contributed by atoms with Gasteiger partial charge in [-0.2, -0.15) is 0 Å². The molecule has 4 heteroatoms. The van der Waals surface area contributed by atoms with Crippen LogP contribution in [0.2, 0.25) is 10.0 Å². The molecule has 0 N–H and O–H groups in total. The van der Waals surface area contributed by atoms with Crippen molar-refractivity contribution in [3.63, 3.8) is 0 Å². The van der Waals surface area contributed by atoms with E-state index in [1.807, 2.05) is 37.3 Å². The SMILES string of the molecule is CCOc1ccccc1C(Cl)c1ccc(Cl)cc1Cl. The Kier molecular flexibility index (Phi) is 4.98. The lowest BCUT2D eigenvalue weighted by Gasteiger charge is -2.16. The maximum absolute atomic E-state index is 6.52. The molecule has 0 aliphatic rings. The normalized spacial score (nSPS) is 12.2. The zero-order valence-electron chi connectivity index (χ0n) is 10.4. The Balaban J connectivity index is 2.41. The second-order valence-electron chi connectivity index (χ2n) is 4.00. The van der Waals surface area contributed by atoms with E-state index in [1.165, 1.54) is 0 Å². The fourth-order valence-electron chi connectivity index (χ4n) is 1.85. The summed E-state index contributed by atoms with van der Waals surface area (Å²) in [5.41, 5.74) is 1.72. The van der Waals surface area contributed by atoms with Gasteiger partial charge in [0.25, 0.3) is 0 Å². The van der Waals surface area contributed by atoms with Crippen LogP contribution < -0.4 is 4.74 Å². The van der Waals surface area contributed by atoms with Crippen LogP contribution in [-0.4, -0.2) is 6.61 Å². The zero-order valence-corrected chi connectivity index (χ0v) is 12.6. The lowest BCUT2D eigenvalue weighted by molar-refractivity contribution is 0.337. The minimum absolute atomic E-state index is 0.368. The Bertz CT molecular complexity index is 569. The summed E-state index contributed by atoms with van der Waals surface area (Å²) in [6.07, 6.45) is 0. The van der Waals surface area contributed by atoms with Crippen molar-refractivity contribution in [3.8, 4) is 5.75 Å². The largest absolute Gasteiger partial charge is 0.494 e. The quantitative estimate of drug-likeness (QED) is 0.656. The van der Waals surface area contributed by atoms with Gasteiger partial charge in [-0.1, -0.05) is 47.5 Å². The highest BCUT2D eigenvalue weighted by Gasteiger charge is 2.18. The molecular formula is C15H13Cl3O. The van der Waals surface area contributed by atoms with Gasteiger partial charge >= 0.3 is 0 Å². The van der Waals surface area contributed by atoms with E-state index in [0.717, 1.165) is 16.9 Å². The Morgan fingerprint density at radius 2 is 1.79 bits per heavy atom. The van der Waals surface area contributed by atoms with Crippen molar-refractivity contribution in [2.75, 3.05) is 6.61 Å². The van der Waals surface area contributed by atoms with Crippen LogP contribution in [0.3, 0.4) is 0 Å². The lowest BCUT2D eigenvalue weighted by Crippen LogP contribution is -2.00. The summed E-state index contributed by atoms with van der Waals surface area (Å²) in [5.74, 6) is 0.774. The zero-order chi connectivity index (χ0) is 13.8. The van der Waals surface area contributed by atoms with E-state index in [-0.39, 0.29) is 5.38 Å². The molecule has 1 nitrogen and oxygen atoms in total. The average Bonchev–Trinajstić information content (AvgIpc) is 2.39. The van der Waals surface area contributed by atoms with Gasteiger partial charge in [-0.05, 0) is 30.7 Å². The fourth-order valence-corrected chi connectivity index (χ4v) is 2.80. The first kappa shape index (κ1) is 14.5. The van der Waals surface area contributed by atoms with Crippen LogP contribution in [0.5, 0.6) is 5.75 Å². The molecule has 0 amide bonds. The van der Waals surface area contributed by atoms with E-state index in [2.05, 4.69) is 0 Å². The van der Waals surface area contributed by atoms with Gasteiger partial charge in [-0.3, -0.25) is 0 Å². The van der Waals surface area contributed by atoms with Gasteiger partial charge in [-0.25, -0.2) is 0 Å². The van der Waals surface area contributed by atoms with E-state index in [9.17, 15) is 0 Å². The standard InChI is InChI=1S/C15H13Cl3O/c1-2-19-14-6-4-3-5-12(14)15(18)11-8-7-10(16)9-13(11)17/h3-9,15H,2H2,1H3. The first-order chi connectivity index (χ1) is 9.13. The average molecular weight is 316 g/mol. The van der Waals surface area contributed by atoms with E-state index in [1.54, 1.807) is 12.1 Å². The van der Waals surface area contributed by atoms with Crippen molar-refractivity contribution in [1.82, 2.24) is 0 Å². The van der Waals surface area contributed by atoms with Crippen molar-refractivity contribution in [1.29, 1.82) is 0 Å². The predicted octanol–water partition coefficient (Wildman–Crippen LogP) is 5.72. The molecule has 2 aromatic carbocycles. The summed E-state index contributed by atoms with van der Waals surface area (Å²) < 4.78 is 5.59. The first-order valence-corrected chi connectivity index (χ1v) is 7.13. The number of rotatable bonds is 4. The van der Waals surface area contributed by atoms with Crippen LogP contribution >= 0.6 is 34.8 Å². The number of para-hydroxylation sites is 1. The molecule has 0 aromatic heterocycles. The minimum atomic E-state index is -0.368. The summed E-state index contributed by atoms with van der Waals surface area (Å²) in [6.45, 7) is 2.53. The molecule has 0 heterocycles. The van der Waals surface area contributed by atoms with Crippen LogP contribution in [0.15, 0.2) is 42.5 Å². The van der Waals surface area contributed by atoms with Gasteiger partial charge in [-0.15, -0.1) is 11.6 Å². The molecule has 2 aromatic rings. The number of alkyl halides is 1. The third-order valence-electron chi connectivity index (χ3n) is 2.73. The molecule has 0 bridgehead atoms. The highest BCUT2D eigenvalue weighted by atomic mass is 35.5. The molecule has 0 fully saturated rings. The number of hydrogen-bond donors (Lipinski definition) is 0. The van der Waals surface area contributed by atoms with Gasteiger partial charge in [0.1, 0.15) is 5.75 Å². The lowest BCUT2D eigenvalue weighted by atomic mass is 10.0. The van der Waals surface area contributed by atoms with Gasteiger partial charge in [0.2, 0.25) is 0 Å². The molecule has 0 radical (unpaired) electrons. The highest BCUT2D eigenvalue weighted by molar-refractivity contribution is 6.36. The minimum Gasteiger partial charge on any atom is -0.494 e. The maximum atomic E-state index is 6.52. The monoisotopic (exact) mass is 314 g/mol. The second-order valence-corrected chi connectivity index (χ2v) is 5.28. The van der Waals surface area contributed by atoms with Crippen LogP contribution in [-0.2, 0) is 0 Å². The molecule has 0 aliphatic heterocycles. The van der Waals surface area contributed by atoms with Gasteiger partial charge < -0.3 is 4.74 Å². The number of ether oxygens (including phenoxy) is 1. The second kappa shape index (κ2) is 6.51. The van der Waals surface area contributed by atoms with Crippen LogP contribution in [0.4, 0.5) is 0 Å². The molecule has 0 spiro atoms. The molecule has 0 aliphatic carbocycles. The van der Waals surface area contributed by atoms with E-state index < -0.39 is 0 Å². The summed E-state index contributed by atoms with van der Waals surface area (Å²) in [5, 5.41) is 0.780. The number of hydrogen-bond acceptors (Lipinski definition) is 1. The molecule has 19 heavy (non-hydrogen) atoms. The van der Waals surface area contributed by atoms with E-state index in [0.29, 0.717) is 16.7 Å². The molecule has 0 saturated carbocycles. The van der Waals surface area contributed by atoms with Gasteiger partial charge in [0.15, 0.2) is 0 Å². The van der Waals surface area contributed by atoms with Crippen molar-refractivity contribution in [2.24, 2.45) is 0 Å². The molecule has 1 unspecified atom stereocenters. The van der Waals surface area contributed by atoms with E-state index >= 15 is 0 Å². The molecule has 0 saturated heterocycles. The molecular weight excluding hydrogens is 303 g/mol. The third kappa shape index (κ3) is 3.36. The first-order valence-electron chi connectivity index (χ1n) is 5.94.